The van der Waals surface area contributed by atoms with E-state index in [1.165, 1.54) is 0 Å². The van der Waals surface area contributed by atoms with Gasteiger partial charge < -0.3 is 5.11 Å². The number of aliphatic hydroxyl groups is 1. The summed E-state index contributed by atoms with van der Waals surface area (Å²) >= 11 is 0. The molecule has 0 aliphatic heterocycles. The van der Waals surface area contributed by atoms with Gasteiger partial charge in [0.15, 0.2) is 0 Å². The molecule has 0 atom stereocenters. The van der Waals surface area contributed by atoms with Crippen LogP contribution in [0.1, 0.15) is 5.56 Å². The van der Waals surface area contributed by atoms with Gasteiger partial charge in [0, 0.05) is 17.1 Å². The first-order valence-electron chi connectivity index (χ1n) is 4.35. The predicted octanol–water partition coefficient (Wildman–Crippen LogP) is 1.58. The Balaban J connectivity index is 2.65. The van der Waals surface area contributed by atoms with Crippen LogP contribution in [0.25, 0.3) is 10.9 Å². The summed E-state index contributed by atoms with van der Waals surface area (Å²) in [6, 6.07) is 9.64. The van der Waals surface area contributed by atoms with Crippen molar-refractivity contribution in [1.29, 1.82) is 0 Å². The van der Waals surface area contributed by atoms with E-state index in [0.29, 0.717) is 0 Å². The summed E-state index contributed by atoms with van der Waals surface area (Å²) in [4.78, 5) is 4.22. The molecule has 0 amide bonds. The maximum atomic E-state index is 8.61. The van der Waals surface area contributed by atoms with Gasteiger partial charge in [-0.1, -0.05) is 24.0 Å². The van der Waals surface area contributed by atoms with Crippen LogP contribution in [0.4, 0.5) is 0 Å². The fourth-order valence-electron chi connectivity index (χ4n) is 1.35. The number of aliphatic hydroxyl groups excluding tert-OH is 1. The van der Waals surface area contributed by atoms with E-state index in [2.05, 4.69) is 16.8 Å². The molecular formula is C12H9NO. The van der Waals surface area contributed by atoms with Crippen molar-refractivity contribution in [3.63, 3.8) is 0 Å². The summed E-state index contributed by atoms with van der Waals surface area (Å²) in [7, 11) is 0. The van der Waals surface area contributed by atoms with Crippen molar-refractivity contribution >= 4 is 10.9 Å². The van der Waals surface area contributed by atoms with Gasteiger partial charge in [-0.25, -0.2) is 0 Å². The molecule has 1 aromatic carbocycles. The molecule has 1 aromatic heterocycles. The van der Waals surface area contributed by atoms with Gasteiger partial charge in [0.25, 0.3) is 0 Å². The number of hydrogen-bond acceptors (Lipinski definition) is 2. The number of benzene rings is 1. The van der Waals surface area contributed by atoms with E-state index in [4.69, 9.17) is 5.11 Å². The highest BCUT2D eigenvalue weighted by atomic mass is 16.2. The van der Waals surface area contributed by atoms with Crippen LogP contribution in [0.15, 0.2) is 36.5 Å². The molecule has 2 nitrogen and oxygen atoms in total. The third kappa shape index (κ3) is 1.59. The van der Waals surface area contributed by atoms with Crippen molar-refractivity contribution in [1.82, 2.24) is 4.98 Å². The van der Waals surface area contributed by atoms with Gasteiger partial charge in [0.05, 0.1) is 5.52 Å². The molecule has 0 radical (unpaired) electrons. The number of fused-ring (bicyclic) bond motifs is 1. The minimum absolute atomic E-state index is 0.114. The lowest BCUT2D eigenvalue weighted by Gasteiger charge is -1.97. The molecule has 1 heterocycles. The van der Waals surface area contributed by atoms with Crippen molar-refractivity contribution in [2.45, 2.75) is 0 Å². The molecule has 0 aliphatic rings. The third-order valence-corrected chi connectivity index (χ3v) is 1.95. The summed E-state index contributed by atoms with van der Waals surface area (Å²) in [5.74, 6) is 5.53. The fourth-order valence-corrected chi connectivity index (χ4v) is 1.35. The van der Waals surface area contributed by atoms with Crippen LogP contribution >= 0.6 is 0 Å². The first-order valence-corrected chi connectivity index (χ1v) is 4.35. The third-order valence-electron chi connectivity index (χ3n) is 1.95. The van der Waals surface area contributed by atoms with Gasteiger partial charge in [0.1, 0.15) is 6.61 Å². The zero-order chi connectivity index (χ0) is 9.80. The summed E-state index contributed by atoms with van der Waals surface area (Å²) in [5.41, 5.74) is 1.84. The second-order valence-electron chi connectivity index (χ2n) is 2.84. The molecule has 2 heteroatoms. The van der Waals surface area contributed by atoms with E-state index in [0.717, 1.165) is 16.5 Å². The number of rotatable bonds is 0. The summed E-state index contributed by atoms with van der Waals surface area (Å²) in [5, 5.41) is 9.63. The van der Waals surface area contributed by atoms with E-state index < -0.39 is 0 Å². The van der Waals surface area contributed by atoms with Gasteiger partial charge in [-0.05, 0) is 18.2 Å². The second kappa shape index (κ2) is 3.91. The average Bonchev–Trinajstić information content (AvgIpc) is 2.26. The average molecular weight is 183 g/mol. The lowest BCUT2D eigenvalue weighted by Crippen LogP contribution is -1.82. The number of pyridine rings is 1. The molecule has 1 N–H and O–H groups in total. The number of hydrogen-bond donors (Lipinski definition) is 1. The van der Waals surface area contributed by atoms with Gasteiger partial charge in [-0.2, -0.15) is 0 Å². The Labute approximate surface area is 82.2 Å². The van der Waals surface area contributed by atoms with E-state index in [9.17, 15) is 0 Å². The van der Waals surface area contributed by atoms with Gasteiger partial charge in [-0.3, -0.25) is 4.98 Å². The summed E-state index contributed by atoms with van der Waals surface area (Å²) in [6.45, 7) is -0.114. The molecule has 0 aliphatic carbocycles. The fraction of sp³-hybridized carbons (Fsp3) is 0.0833. The van der Waals surface area contributed by atoms with Crippen LogP contribution in [0.3, 0.4) is 0 Å². The molecule has 14 heavy (non-hydrogen) atoms. The maximum absolute atomic E-state index is 8.61. The first kappa shape index (κ1) is 8.74. The molecule has 68 valence electrons. The van der Waals surface area contributed by atoms with Crippen LogP contribution in [-0.4, -0.2) is 16.7 Å². The molecule has 0 unspecified atom stereocenters. The number of nitrogens with zero attached hydrogens (tertiary/aromatic N) is 1. The Morgan fingerprint density at radius 3 is 3.00 bits per heavy atom. The lowest BCUT2D eigenvalue weighted by atomic mass is 10.1. The molecule has 0 spiro atoms. The minimum atomic E-state index is -0.114. The Bertz CT molecular complexity index is 503. The summed E-state index contributed by atoms with van der Waals surface area (Å²) < 4.78 is 0. The predicted molar refractivity (Wildman–Crippen MR) is 55.7 cm³/mol. The summed E-state index contributed by atoms with van der Waals surface area (Å²) in [6.07, 6.45) is 1.76. The van der Waals surface area contributed by atoms with E-state index >= 15 is 0 Å². The quantitative estimate of drug-likeness (QED) is 0.629. The highest BCUT2D eigenvalue weighted by Gasteiger charge is 1.96. The zero-order valence-corrected chi connectivity index (χ0v) is 7.57. The van der Waals surface area contributed by atoms with Crippen LogP contribution < -0.4 is 0 Å². The maximum Gasteiger partial charge on any atom is 0.104 e. The largest absolute Gasteiger partial charge is 0.384 e. The lowest BCUT2D eigenvalue weighted by molar-refractivity contribution is 0.350. The molecular weight excluding hydrogens is 174 g/mol. The standard InChI is InChI=1S/C12H9NO/c14-9-3-5-10-4-1-7-12-11(10)6-2-8-13-12/h1-2,4,6-8,14H,9H2. The van der Waals surface area contributed by atoms with Gasteiger partial charge in [0.2, 0.25) is 0 Å². The number of aromatic nitrogens is 1. The normalized spacial score (nSPS) is 9.50. The van der Waals surface area contributed by atoms with Crippen LogP contribution in [-0.2, 0) is 0 Å². The van der Waals surface area contributed by atoms with Gasteiger partial charge in [-0.15, -0.1) is 0 Å². The van der Waals surface area contributed by atoms with Crippen molar-refractivity contribution in [2.24, 2.45) is 0 Å². The van der Waals surface area contributed by atoms with Crippen molar-refractivity contribution in [3.8, 4) is 11.8 Å². The molecule has 0 saturated heterocycles. The van der Waals surface area contributed by atoms with Crippen molar-refractivity contribution in [3.05, 3.63) is 42.1 Å². The second-order valence-corrected chi connectivity index (χ2v) is 2.84. The van der Waals surface area contributed by atoms with Crippen LogP contribution in [0, 0.1) is 11.8 Å². The molecule has 0 saturated carbocycles. The van der Waals surface area contributed by atoms with Crippen LogP contribution in [0.2, 0.25) is 0 Å². The smallest absolute Gasteiger partial charge is 0.104 e. The van der Waals surface area contributed by atoms with Crippen molar-refractivity contribution < 1.29 is 5.11 Å². The van der Waals surface area contributed by atoms with E-state index in [1.54, 1.807) is 6.20 Å². The Kier molecular flexibility index (Phi) is 2.44. The Morgan fingerprint density at radius 1 is 1.21 bits per heavy atom. The zero-order valence-electron chi connectivity index (χ0n) is 7.57. The SMILES string of the molecule is OCC#Cc1cccc2ncccc12. The molecule has 2 rings (SSSR count). The Morgan fingerprint density at radius 2 is 2.14 bits per heavy atom. The topological polar surface area (TPSA) is 33.1 Å². The highest BCUT2D eigenvalue weighted by molar-refractivity contribution is 5.84. The van der Waals surface area contributed by atoms with Gasteiger partial charge >= 0.3 is 0 Å². The monoisotopic (exact) mass is 183 g/mol. The Hall–Kier alpha value is -1.85. The van der Waals surface area contributed by atoms with E-state index in [-0.39, 0.29) is 6.61 Å². The van der Waals surface area contributed by atoms with Crippen molar-refractivity contribution in [2.75, 3.05) is 6.61 Å². The molecule has 0 fully saturated rings. The van der Waals surface area contributed by atoms with E-state index in [1.807, 2.05) is 30.3 Å². The molecule has 0 bridgehead atoms. The minimum Gasteiger partial charge on any atom is -0.384 e. The van der Waals surface area contributed by atoms with Crippen LogP contribution in [0.5, 0.6) is 0 Å². The molecule has 2 aromatic rings. The first-order chi connectivity index (χ1) is 6.92. The highest BCUT2D eigenvalue weighted by Crippen LogP contribution is 2.14.